The molecule has 1 aromatic heterocycles. The monoisotopic (exact) mass is 384 g/mol. The molecule has 1 fully saturated rings. The normalized spacial score (nSPS) is 16.3. The van der Waals surface area contributed by atoms with Gasteiger partial charge in [0.2, 0.25) is 0 Å². The molecule has 0 saturated carbocycles. The Morgan fingerprint density at radius 3 is 2.61 bits per heavy atom. The number of piperidine rings is 1. The lowest BCUT2D eigenvalue weighted by Crippen LogP contribution is -2.38. The Morgan fingerprint density at radius 1 is 1.21 bits per heavy atom. The van der Waals surface area contributed by atoms with Gasteiger partial charge in [-0.2, -0.15) is 5.10 Å². The lowest BCUT2D eigenvalue weighted by Gasteiger charge is -2.32. The number of rotatable bonds is 7. The number of nitrogens with zero attached hydrogens (tertiary/aromatic N) is 4. The summed E-state index contributed by atoms with van der Waals surface area (Å²) in [7, 11) is 0. The van der Waals surface area contributed by atoms with E-state index < -0.39 is 5.97 Å². The van der Waals surface area contributed by atoms with Gasteiger partial charge in [-0.05, 0) is 32.3 Å². The van der Waals surface area contributed by atoms with Crippen molar-refractivity contribution in [2.45, 2.75) is 39.3 Å². The number of ether oxygens (including phenoxy) is 1. The van der Waals surface area contributed by atoms with Gasteiger partial charge in [0, 0.05) is 25.7 Å². The summed E-state index contributed by atoms with van der Waals surface area (Å²) in [6.45, 7) is 6.85. The minimum atomic E-state index is -0.439. The summed E-state index contributed by atoms with van der Waals surface area (Å²) in [6, 6.07) is 10.5. The van der Waals surface area contributed by atoms with Crippen LogP contribution in [-0.2, 0) is 16.1 Å². The van der Waals surface area contributed by atoms with Crippen LogP contribution in [0.4, 0.5) is 0 Å². The number of carbonyl (C=O) groups excluding carboxylic acids is 1. The van der Waals surface area contributed by atoms with Gasteiger partial charge in [-0.3, -0.25) is 14.3 Å². The molecule has 1 aromatic carbocycles. The van der Waals surface area contributed by atoms with Crippen molar-refractivity contribution in [1.29, 1.82) is 0 Å². The van der Waals surface area contributed by atoms with Crippen molar-refractivity contribution < 1.29 is 9.53 Å². The van der Waals surface area contributed by atoms with Crippen LogP contribution >= 0.6 is 0 Å². The molecule has 2 heterocycles. The zero-order chi connectivity index (χ0) is 19.9. The first kappa shape index (κ1) is 20.1. The molecule has 1 saturated heterocycles. The van der Waals surface area contributed by atoms with Gasteiger partial charge in [0.25, 0.3) is 0 Å². The standard InChI is InChI=1S/C21H28N4O3/c1-3-28-20(26)15-25-21(27)24(16-22-25)19-9-11-23(12-10-19)14-17(2)13-18-7-5-4-6-8-18/h4-8,13,16,19H,3,9-12,14-15H2,1-2H3. The van der Waals surface area contributed by atoms with Gasteiger partial charge in [-0.1, -0.05) is 42.0 Å². The quantitative estimate of drug-likeness (QED) is 0.686. The molecule has 0 radical (unpaired) electrons. The highest BCUT2D eigenvalue weighted by Gasteiger charge is 2.23. The molecule has 2 aromatic rings. The molecule has 7 nitrogen and oxygen atoms in total. The SMILES string of the molecule is CCOC(=O)Cn1ncn(C2CCN(CC(C)=Cc3ccccc3)CC2)c1=O. The first-order valence-electron chi connectivity index (χ1n) is 9.81. The number of carbonyl (C=O) groups is 1. The van der Waals surface area contributed by atoms with Gasteiger partial charge in [-0.25, -0.2) is 9.48 Å². The molecule has 0 spiro atoms. The van der Waals surface area contributed by atoms with Gasteiger partial charge >= 0.3 is 11.7 Å². The van der Waals surface area contributed by atoms with Crippen molar-refractivity contribution in [3.05, 3.63) is 58.3 Å². The summed E-state index contributed by atoms with van der Waals surface area (Å²) >= 11 is 0. The second-order valence-corrected chi connectivity index (χ2v) is 7.19. The zero-order valence-electron chi connectivity index (χ0n) is 16.6. The number of hydrogen-bond donors (Lipinski definition) is 0. The Balaban J connectivity index is 1.54. The molecular formula is C21H28N4O3. The number of esters is 1. The first-order chi connectivity index (χ1) is 13.6. The molecule has 28 heavy (non-hydrogen) atoms. The lowest BCUT2D eigenvalue weighted by molar-refractivity contribution is -0.144. The Bertz CT molecular complexity index is 861. The van der Waals surface area contributed by atoms with Crippen LogP contribution in [0.25, 0.3) is 6.08 Å². The Kier molecular flexibility index (Phi) is 6.81. The van der Waals surface area contributed by atoms with E-state index in [1.165, 1.54) is 15.8 Å². The van der Waals surface area contributed by atoms with E-state index in [2.05, 4.69) is 35.1 Å². The van der Waals surface area contributed by atoms with Gasteiger partial charge in [0.05, 0.1) is 6.61 Å². The van der Waals surface area contributed by atoms with Crippen LogP contribution in [0.15, 0.2) is 47.0 Å². The Labute approximate surface area is 165 Å². The second-order valence-electron chi connectivity index (χ2n) is 7.19. The highest BCUT2D eigenvalue weighted by molar-refractivity contribution is 5.68. The molecule has 0 atom stereocenters. The molecule has 0 unspecified atom stereocenters. The Hall–Kier alpha value is -2.67. The van der Waals surface area contributed by atoms with E-state index in [9.17, 15) is 9.59 Å². The highest BCUT2D eigenvalue weighted by Crippen LogP contribution is 2.21. The van der Waals surface area contributed by atoms with Gasteiger partial charge in [0.1, 0.15) is 12.9 Å². The fourth-order valence-corrected chi connectivity index (χ4v) is 3.63. The molecule has 0 bridgehead atoms. The van der Waals surface area contributed by atoms with E-state index in [1.807, 2.05) is 18.2 Å². The molecule has 1 aliphatic rings. The maximum atomic E-state index is 12.5. The fourth-order valence-electron chi connectivity index (χ4n) is 3.63. The average molecular weight is 384 g/mol. The summed E-state index contributed by atoms with van der Waals surface area (Å²) in [5.74, 6) is -0.439. The number of aromatic nitrogens is 3. The third-order valence-corrected chi connectivity index (χ3v) is 4.98. The molecule has 0 N–H and O–H groups in total. The van der Waals surface area contributed by atoms with Crippen LogP contribution in [-0.4, -0.2) is 51.5 Å². The summed E-state index contributed by atoms with van der Waals surface area (Å²) < 4.78 is 7.72. The maximum Gasteiger partial charge on any atom is 0.346 e. The van der Waals surface area contributed by atoms with Gasteiger partial charge in [-0.15, -0.1) is 0 Å². The Morgan fingerprint density at radius 2 is 1.93 bits per heavy atom. The number of benzene rings is 1. The molecule has 0 amide bonds. The topological polar surface area (TPSA) is 69.4 Å². The third kappa shape index (κ3) is 5.19. The molecule has 3 rings (SSSR count). The van der Waals surface area contributed by atoms with E-state index in [4.69, 9.17) is 4.74 Å². The van der Waals surface area contributed by atoms with Crippen molar-refractivity contribution in [2.75, 3.05) is 26.2 Å². The first-order valence-corrected chi connectivity index (χ1v) is 9.81. The van der Waals surface area contributed by atoms with Crippen LogP contribution in [0.2, 0.25) is 0 Å². The van der Waals surface area contributed by atoms with Crippen LogP contribution in [0.1, 0.15) is 38.3 Å². The van der Waals surface area contributed by atoms with E-state index in [0.717, 1.165) is 32.5 Å². The minimum absolute atomic E-state index is 0.123. The van der Waals surface area contributed by atoms with Gasteiger partial charge < -0.3 is 4.74 Å². The van der Waals surface area contributed by atoms with E-state index in [1.54, 1.807) is 17.8 Å². The van der Waals surface area contributed by atoms with Crippen molar-refractivity contribution in [3.8, 4) is 0 Å². The summed E-state index contributed by atoms with van der Waals surface area (Å²) in [5, 5.41) is 4.07. The smallest absolute Gasteiger partial charge is 0.346 e. The van der Waals surface area contributed by atoms with Crippen molar-refractivity contribution in [1.82, 2.24) is 19.2 Å². The predicted molar refractivity (Wildman–Crippen MR) is 108 cm³/mol. The summed E-state index contributed by atoms with van der Waals surface area (Å²) in [5.41, 5.74) is 2.30. The van der Waals surface area contributed by atoms with E-state index in [0.29, 0.717) is 6.61 Å². The number of hydrogen-bond acceptors (Lipinski definition) is 5. The zero-order valence-corrected chi connectivity index (χ0v) is 16.6. The lowest BCUT2D eigenvalue weighted by atomic mass is 10.0. The fraction of sp³-hybridized carbons (Fsp3) is 0.476. The molecule has 0 aliphatic carbocycles. The van der Waals surface area contributed by atoms with Crippen LogP contribution in [0.5, 0.6) is 0 Å². The van der Waals surface area contributed by atoms with Gasteiger partial charge in [0.15, 0.2) is 0 Å². The van der Waals surface area contributed by atoms with Crippen molar-refractivity contribution in [2.24, 2.45) is 0 Å². The molecule has 1 aliphatic heterocycles. The van der Waals surface area contributed by atoms with E-state index >= 15 is 0 Å². The van der Waals surface area contributed by atoms with Crippen molar-refractivity contribution in [3.63, 3.8) is 0 Å². The van der Waals surface area contributed by atoms with Crippen LogP contribution in [0, 0.1) is 0 Å². The molecule has 150 valence electrons. The summed E-state index contributed by atoms with van der Waals surface area (Å²) in [6.07, 6.45) is 5.55. The summed E-state index contributed by atoms with van der Waals surface area (Å²) in [4.78, 5) is 26.5. The van der Waals surface area contributed by atoms with Crippen LogP contribution in [0.3, 0.4) is 0 Å². The van der Waals surface area contributed by atoms with E-state index in [-0.39, 0.29) is 18.3 Å². The second kappa shape index (κ2) is 9.50. The molecular weight excluding hydrogens is 356 g/mol. The minimum Gasteiger partial charge on any atom is -0.465 e. The van der Waals surface area contributed by atoms with Crippen molar-refractivity contribution >= 4 is 12.0 Å². The largest absolute Gasteiger partial charge is 0.465 e. The maximum absolute atomic E-state index is 12.5. The number of likely N-dealkylation sites (tertiary alicyclic amines) is 1. The highest BCUT2D eigenvalue weighted by atomic mass is 16.5. The van der Waals surface area contributed by atoms with Crippen LogP contribution < -0.4 is 5.69 Å². The predicted octanol–water partition coefficient (Wildman–Crippen LogP) is 2.35. The average Bonchev–Trinajstić information content (AvgIpc) is 3.04. The molecule has 7 heteroatoms. The third-order valence-electron chi connectivity index (χ3n) is 4.98.